The van der Waals surface area contributed by atoms with Crippen molar-refractivity contribution in [1.29, 1.82) is 0 Å². The first-order valence-electron chi connectivity index (χ1n) is 14.9. The molecule has 201 valence electrons. The number of benzene rings is 6. The molecule has 0 fully saturated rings. The number of fused-ring (bicyclic) bond motifs is 2. The first-order valence-corrected chi connectivity index (χ1v) is 14.9. The molecule has 0 aliphatic heterocycles. The van der Waals surface area contributed by atoms with E-state index in [0.717, 1.165) is 11.6 Å². The minimum atomic E-state index is 0.896. The van der Waals surface area contributed by atoms with Crippen molar-refractivity contribution in [3.8, 4) is 22.3 Å². The van der Waals surface area contributed by atoms with Crippen LogP contribution >= 0.6 is 0 Å². The standard InChI is InChI=1S/C43H29/c1-5-17-30(18-6-1)38(31-19-7-2-8-20-31)43-39(32-25-13-14-26-32)37-29-35-27-15-16-28-36(35)42(37)40(33-21-9-3-10-22-33)41(43)34-23-11-4-12-24-34/h1-25,27-28H,26H2. The maximum absolute atomic E-state index is 3.93. The fraction of sp³-hybridized carbons (Fsp3) is 0.0233. The highest BCUT2D eigenvalue weighted by Gasteiger charge is 2.26. The van der Waals surface area contributed by atoms with E-state index in [1.807, 2.05) is 0 Å². The average molecular weight is 546 g/mol. The Hall–Kier alpha value is -5.46. The minimum Gasteiger partial charge on any atom is -0.0801 e. The molecule has 0 nitrogen and oxygen atoms in total. The molecule has 0 heteroatoms. The molecule has 0 heterocycles. The van der Waals surface area contributed by atoms with E-state index >= 15 is 0 Å². The smallest absolute Gasteiger partial charge is 0.000407 e. The fourth-order valence-corrected chi connectivity index (χ4v) is 6.74. The topological polar surface area (TPSA) is 0 Å². The van der Waals surface area contributed by atoms with Gasteiger partial charge in [0.15, 0.2) is 0 Å². The lowest BCUT2D eigenvalue weighted by Crippen LogP contribution is -2.21. The van der Waals surface area contributed by atoms with Crippen LogP contribution in [0.3, 0.4) is 0 Å². The molecule has 0 atom stereocenters. The fourth-order valence-electron chi connectivity index (χ4n) is 6.74. The highest BCUT2D eigenvalue weighted by atomic mass is 14.3. The van der Waals surface area contributed by atoms with Crippen LogP contribution in [0.5, 0.6) is 0 Å². The van der Waals surface area contributed by atoms with Gasteiger partial charge in [-0.05, 0) is 89.0 Å². The van der Waals surface area contributed by atoms with E-state index in [1.54, 1.807) is 0 Å². The molecule has 2 aliphatic rings. The van der Waals surface area contributed by atoms with Gasteiger partial charge >= 0.3 is 0 Å². The first kappa shape index (κ1) is 25.3. The molecule has 0 saturated heterocycles. The van der Waals surface area contributed by atoms with E-state index in [4.69, 9.17) is 0 Å². The van der Waals surface area contributed by atoms with Crippen molar-refractivity contribution < 1.29 is 0 Å². The molecule has 2 aliphatic carbocycles. The number of hydrogen-bond acceptors (Lipinski definition) is 0. The molecule has 0 aromatic heterocycles. The van der Waals surface area contributed by atoms with Crippen molar-refractivity contribution in [3.63, 3.8) is 0 Å². The molecule has 8 rings (SSSR count). The van der Waals surface area contributed by atoms with E-state index in [1.165, 1.54) is 71.3 Å². The molecule has 0 N–H and O–H groups in total. The third-order valence-electron chi connectivity index (χ3n) is 8.55. The molecule has 0 amide bonds. The normalized spacial score (nSPS) is 12.8. The molecular weight excluding hydrogens is 516 g/mol. The summed E-state index contributed by atoms with van der Waals surface area (Å²) in [5.41, 5.74) is 12.4. The van der Waals surface area contributed by atoms with Crippen molar-refractivity contribution in [2.24, 2.45) is 0 Å². The lowest BCUT2D eigenvalue weighted by atomic mass is 9.80. The van der Waals surface area contributed by atoms with Gasteiger partial charge in [-0.3, -0.25) is 0 Å². The lowest BCUT2D eigenvalue weighted by Gasteiger charge is -2.22. The second-order valence-corrected chi connectivity index (χ2v) is 11.1. The van der Waals surface area contributed by atoms with Crippen LogP contribution in [-0.2, 0) is 0 Å². The van der Waals surface area contributed by atoms with Gasteiger partial charge in [-0.1, -0.05) is 164 Å². The van der Waals surface area contributed by atoms with Crippen molar-refractivity contribution in [2.45, 2.75) is 6.42 Å². The average Bonchev–Trinajstić information content (AvgIpc) is 3.75. The Bertz CT molecular complexity index is 2220. The molecule has 6 aromatic carbocycles. The van der Waals surface area contributed by atoms with Gasteiger partial charge in [0.05, 0.1) is 0 Å². The maximum atomic E-state index is 3.93. The zero-order valence-electron chi connectivity index (χ0n) is 23.8. The third-order valence-corrected chi connectivity index (χ3v) is 8.55. The molecule has 0 saturated carbocycles. The quantitative estimate of drug-likeness (QED) is 0.203. The summed E-state index contributed by atoms with van der Waals surface area (Å²) in [7, 11) is 0. The first-order chi connectivity index (χ1) is 21.4. The molecule has 43 heavy (non-hydrogen) atoms. The van der Waals surface area contributed by atoms with Gasteiger partial charge in [-0.2, -0.15) is 0 Å². The van der Waals surface area contributed by atoms with E-state index in [9.17, 15) is 0 Å². The summed E-state index contributed by atoms with van der Waals surface area (Å²) in [6.45, 7) is 0. The second-order valence-electron chi connectivity index (χ2n) is 11.1. The van der Waals surface area contributed by atoms with Crippen LogP contribution in [0, 0.1) is 10.4 Å². The van der Waals surface area contributed by atoms with Crippen molar-refractivity contribution in [2.75, 3.05) is 0 Å². The summed E-state index contributed by atoms with van der Waals surface area (Å²) in [6.07, 6.45) is 11.6. The van der Waals surface area contributed by atoms with E-state index < -0.39 is 0 Å². The van der Waals surface area contributed by atoms with Gasteiger partial charge in [0.1, 0.15) is 0 Å². The summed E-state index contributed by atoms with van der Waals surface area (Å²) in [5.74, 6) is 0. The minimum absolute atomic E-state index is 0.896. The lowest BCUT2D eigenvalue weighted by molar-refractivity contribution is 1.35. The molecule has 0 unspecified atom stereocenters. The Morgan fingerprint density at radius 1 is 0.512 bits per heavy atom. The molecule has 1 radical (unpaired) electrons. The SMILES string of the molecule is [C]1=c2ccccc2=c2c1c(C1=CC=CC1)c(=C(c1ccccc1)c1ccccc1)c(-c1ccccc1)c2-c1ccccc1. The summed E-state index contributed by atoms with van der Waals surface area (Å²) >= 11 is 0. The van der Waals surface area contributed by atoms with Crippen LogP contribution in [-0.4, -0.2) is 0 Å². The van der Waals surface area contributed by atoms with Crippen LogP contribution in [0.25, 0.3) is 39.5 Å². The van der Waals surface area contributed by atoms with Crippen LogP contribution in [0.2, 0.25) is 0 Å². The molecule has 0 bridgehead atoms. The Kier molecular flexibility index (Phi) is 6.31. The van der Waals surface area contributed by atoms with Gasteiger partial charge in [0.25, 0.3) is 0 Å². The summed E-state index contributed by atoms with van der Waals surface area (Å²) in [4.78, 5) is 0. The Balaban J connectivity index is 1.75. The zero-order valence-corrected chi connectivity index (χ0v) is 23.8. The third kappa shape index (κ3) is 4.31. The van der Waals surface area contributed by atoms with Crippen LogP contribution in [0.4, 0.5) is 0 Å². The summed E-state index contributed by atoms with van der Waals surface area (Å²) in [5, 5.41) is 4.93. The molecule has 0 spiro atoms. The molecule has 6 aromatic rings. The van der Waals surface area contributed by atoms with E-state index in [0.29, 0.717) is 0 Å². The Morgan fingerprint density at radius 3 is 1.63 bits per heavy atom. The van der Waals surface area contributed by atoms with Crippen LogP contribution in [0.15, 0.2) is 164 Å². The van der Waals surface area contributed by atoms with Crippen molar-refractivity contribution in [1.82, 2.24) is 0 Å². The number of allylic oxidation sites excluding steroid dienone is 4. The second kappa shape index (κ2) is 10.7. The highest BCUT2D eigenvalue weighted by Crippen LogP contribution is 2.39. The van der Waals surface area contributed by atoms with Gasteiger partial charge < -0.3 is 0 Å². The van der Waals surface area contributed by atoms with Gasteiger partial charge in [-0.25, -0.2) is 0 Å². The van der Waals surface area contributed by atoms with Gasteiger partial charge in [-0.15, -0.1) is 0 Å². The van der Waals surface area contributed by atoms with Crippen LogP contribution < -0.4 is 10.4 Å². The van der Waals surface area contributed by atoms with E-state index in [-0.39, 0.29) is 0 Å². The zero-order chi connectivity index (χ0) is 28.6. The Morgan fingerprint density at radius 2 is 1.05 bits per heavy atom. The monoisotopic (exact) mass is 545 g/mol. The number of rotatable bonds is 5. The summed E-state index contributed by atoms with van der Waals surface area (Å²) < 4.78 is 0. The van der Waals surface area contributed by atoms with Gasteiger partial charge in [0.2, 0.25) is 0 Å². The Labute approximate surface area is 252 Å². The van der Waals surface area contributed by atoms with Crippen molar-refractivity contribution >= 4 is 17.2 Å². The van der Waals surface area contributed by atoms with E-state index in [2.05, 4.69) is 170 Å². The van der Waals surface area contributed by atoms with Crippen molar-refractivity contribution in [3.05, 3.63) is 207 Å². The summed E-state index contributed by atoms with van der Waals surface area (Å²) in [6, 6.07) is 52.4. The maximum Gasteiger partial charge on any atom is -0.000407 e. The predicted octanol–water partition coefficient (Wildman–Crippen LogP) is 8.92. The molecular formula is C43H29. The van der Waals surface area contributed by atoms with Crippen LogP contribution in [0.1, 0.15) is 28.7 Å². The van der Waals surface area contributed by atoms with Gasteiger partial charge in [0, 0.05) is 0 Å². The predicted molar refractivity (Wildman–Crippen MR) is 179 cm³/mol. The largest absolute Gasteiger partial charge is 0.0801 e. The number of hydrogen-bond donors (Lipinski definition) is 0. The highest BCUT2D eigenvalue weighted by molar-refractivity contribution is 5.97.